The van der Waals surface area contributed by atoms with Crippen LogP contribution in [0.4, 0.5) is 0 Å². The molecule has 0 fully saturated rings. The predicted octanol–water partition coefficient (Wildman–Crippen LogP) is 2.25. The van der Waals surface area contributed by atoms with Gasteiger partial charge in [0.25, 0.3) is 0 Å². The van der Waals surface area contributed by atoms with E-state index in [2.05, 4.69) is 48.5 Å². The number of rotatable bonds is 1. The molecule has 12 heavy (non-hydrogen) atoms. The van der Waals surface area contributed by atoms with Gasteiger partial charge in [0.2, 0.25) is 5.88 Å². The lowest BCUT2D eigenvalue weighted by Gasteiger charge is -2.18. The maximum atomic E-state index is 5.08. The molecule has 1 heterocycles. The van der Waals surface area contributed by atoms with Crippen molar-refractivity contribution in [1.29, 1.82) is 0 Å². The number of nitrogens with zero attached hydrogens (tertiary/aromatic N) is 2. The summed E-state index contributed by atoms with van der Waals surface area (Å²) < 4.78 is 8.04. The van der Waals surface area contributed by atoms with Gasteiger partial charge >= 0.3 is 0 Å². The Bertz CT molecular complexity index is 275. The second-order valence-electron chi connectivity index (χ2n) is 3.60. The normalized spacial score (nSPS) is 11.8. The monoisotopic (exact) mass is 280 g/mol. The predicted molar refractivity (Wildman–Crippen MR) is 56.5 cm³/mol. The fourth-order valence-electron chi connectivity index (χ4n) is 0.819. The summed E-state index contributed by atoms with van der Waals surface area (Å²) in [6, 6.07) is 0. The summed E-state index contributed by atoms with van der Waals surface area (Å²) in [4.78, 5) is 0. The van der Waals surface area contributed by atoms with Crippen LogP contribution >= 0.6 is 22.6 Å². The van der Waals surface area contributed by atoms with Crippen molar-refractivity contribution >= 4 is 22.6 Å². The Morgan fingerprint density at radius 3 is 2.33 bits per heavy atom. The Morgan fingerprint density at radius 2 is 2.08 bits per heavy atom. The van der Waals surface area contributed by atoms with Gasteiger partial charge in [0, 0.05) is 6.20 Å². The first kappa shape index (κ1) is 9.83. The summed E-state index contributed by atoms with van der Waals surface area (Å²) in [7, 11) is 1.64. The van der Waals surface area contributed by atoms with Gasteiger partial charge in [-0.1, -0.05) is 0 Å². The first-order chi connectivity index (χ1) is 5.45. The molecule has 3 nitrogen and oxygen atoms in total. The standard InChI is InChI=1S/C8H13IN2O/c1-8(2,3)11-5-6(9)7(10-11)12-4/h5H,1-4H3. The van der Waals surface area contributed by atoms with Gasteiger partial charge in [-0.2, -0.15) is 0 Å². The minimum atomic E-state index is 0.0245. The highest BCUT2D eigenvalue weighted by Crippen LogP contribution is 2.22. The van der Waals surface area contributed by atoms with Crippen molar-refractivity contribution in [3.8, 4) is 5.88 Å². The summed E-state index contributed by atoms with van der Waals surface area (Å²) in [5.74, 6) is 0.700. The van der Waals surface area contributed by atoms with Gasteiger partial charge in [-0.25, -0.2) is 0 Å². The van der Waals surface area contributed by atoms with E-state index in [-0.39, 0.29) is 5.54 Å². The highest BCUT2D eigenvalue weighted by Gasteiger charge is 2.16. The molecule has 0 saturated heterocycles. The van der Waals surface area contributed by atoms with Gasteiger partial charge in [0.15, 0.2) is 0 Å². The van der Waals surface area contributed by atoms with Crippen LogP contribution in [0.3, 0.4) is 0 Å². The van der Waals surface area contributed by atoms with E-state index in [1.165, 1.54) is 0 Å². The highest BCUT2D eigenvalue weighted by atomic mass is 127. The maximum absolute atomic E-state index is 5.08. The van der Waals surface area contributed by atoms with Gasteiger partial charge in [-0.15, -0.1) is 5.10 Å². The van der Waals surface area contributed by atoms with E-state index in [0.717, 1.165) is 3.57 Å². The molecule has 4 heteroatoms. The van der Waals surface area contributed by atoms with Crippen molar-refractivity contribution in [2.45, 2.75) is 26.3 Å². The number of aromatic nitrogens is 2. The zero-order valence-electron chi connectivity index (χ0n) is 7.76. The summed E-state index contributed by atoms with van der Waals surface area (Å²) in [5.41, 5.74) is 0.0245. The Morgan fingerprint density at radius 1 is 1.50 bits per heavy atom. The Labute approximate surface area is 86.2 Å². The van der Waals surface area contributed by atoms with Crippen LogP contribution in [0.2, 0.25) is 0 Å². The van der Waals surface area contributed by atoms with Crippen molar-refractivity contribution < 1.29 is 4.74 Å². The van der Waals surface area contributed by atoms with Crippen LogP contribution in [0.25, 0.3) is 0 Å². The van der Waals surface area contributed by atoms with Crippen LogP contribution in [0.5, 0.6) is 5.88 Å². The molecule has 1 rings (SSSR count). The third kappa shape index (κ3) is 1.91. The Hall–Kier alpha value is -0.260. The summed E-state index contributed by atoms with van der Waals surface area (Å²) in [6.45, 7) is 6.32. The van der Waals surface area contributed by atoms with E-state index in [1.807, 2.05) is 10.9 Å². The summed E-state index contributed by atoms with van der Waals surface area (Å²) in [5, 5.41) is 4.29. The lowest BCUT2D eigenvalue weighted by Crippen LogP contribution is -2.22. The molecular weight excluding hydrogens is 267 g/mol. The first-order valence-electron chi connectivity index (χ1n) is 3.75. The third-order valence-corrected chi connectivity index (χ3v) is 2.26. The fraction of sp³-hybridized carbons (Fsp3) is 0.625. The molecule has 0 amide bonds. The number of methoxy groups -OCH3 is 1. The van der Waals surface area contributed by atoms with Gasteiger partial charge < -0.3 is 4.74 Å². The van der Waals surface area contributed by atoms with Crippen molar-refractivity contribution in [3.63, 3.8) is 0 Å². The van der Waals surface area contributed by atoms with E-state index in [1.54, 1.807) is 7.11 Å². The Balaban J connectivity index is 3.05. The van der Waals surface area contributed by atoms with E-state index in [9.17, 15) is 0 Å². The fourth-order valence-corrected chi connectivity index (χ4v) is 1.41. The van der Waals surface area contributed by atoms with Crippen LogP contribution in [-0.4, -0.2) is 16.9 Å². The highest BCUT2D eigenvalue weighted by molar-refractivity contribution is 14.1. The minimum Gasteiger partial charge on any atom is -0.479 e. The number of ether oxygens (including phenoxy) is 1. The van der Waals surface area contributed by atoms with Crippen LogP contribution in [0.1, 0.15) is 20.8 Å². The SMILES string of the molecule is COc1nn(C(C)(C)C)cc1I. The lowest BCUT2D eigenvalue weighted by atomic mass is 10.1. The van der Waals surface area contributed by atoms with E-state index in [4.69, 9.17) is 4.74 Å². The van der Waals surface area contributed by atoms with Crippen molar-refractivity contribution in [2.75, 3.05) is 7.11 Å². The molecule has 0 unspecified atom stereocenters. The largest absolute Gasteiger partial charge is 0.479 e. The van der Waals surface area contributed by atoms with Crippen LogP contribution < -0.4 is 4.74 Å². The quantitative estimate of drug-likeness (QED) is 0.738. The third-order valence-electron chi connectivity index (χ3n) is 1.52. The molecule has 0 aliphatic rings. The Kier molecular flexibility index (Phi) is 2.65. The second-order valence-corrected chi connectivity index (χ2v) is 4.76. The number of hydrogen-bond donors (Lipinski definition) is 0. The molecule has 1 aromatic rings. The molecule has 0 spiro atoms. The van der Waals surface area contributed by atoms with Crippen molar-refractivity contribution in [2.24, 2.45) is 0 Å². The molecule has 0 aromatic carbocycles. The van der Waals surface area contributed by atoms with Crippen LogP contribution in [0, 0.1) is 3.57 Å². The summed E-state index contributed by atoms with van der Waals surface area (Å²) >= 11 is 2.21. The molecule has 68 valence electrons. The zero-order chi connectivity index (χ0) is 9.35. The number of halogens is 1. The smallest absolute Gasteiger partial charge is 0.246 e. The molecule has 0 bridgehead atoms. The zero-order valence-corrected chi connectivity index (χ0v) is 9.92. The van der Waals surface area contributed by atoms with Gasteiger partial charge in [-0.05, 0) is 43.4 Å². The van der Waals surface area contributed by atoms with Crippen molar-refractivity contribution in [1.82, 2.24) is 9.78 Å². The molecule has 0 saturated carbocycles. The average molecular weight is 280 g/mol. The van der Waals surface area contributed by atoms with Crippen molar-refractivity contribution in [3.05, 3.63) is 9.77 Å². The molecule has 1 aromatic heterocycles. The topological polar surface area (TPSA) is 27.1 Å². The van der Waals surface area contributed by atoms with Gasteiger partial charge in [-0.3, -0.25) is 4.68 Å². The maximum Gasteiger partial charge on any atom is 0.246 e. The minimum absolute atomic E-state index is 0.0245. The molecule has 0 aliphatic carbocycles. The number of hydrogen-bond acceptors (Lipinski definition) is 2. The molecule has 0 N–H and O–H groups in total. The van der Waals surface area contributed by atoms with Crippen LogP contribution in [-0.2, 0) is 5.54 Å². The van der Waals surface area contributed by atoms with E-state index >= 15 is 0 Å². The lowest BCUT2D eigenvalue weighted by molar-refractivity contribution is 0.329. The van der Waals surface area contributed by atoms with Gasteiger partial charge in [0.05, 0.1) is 16.2 Å². The first-order valence-corrected chi connectivity index (χ1v) is 4.82. The molecule has 0 aliphatic heterocycles. The molecule has 0 radical (unpaired) electrons. The van der Waals surface area contributed by atoms with Crippen LogP contribution in [0.15, 0.2) is 6.20 Å². The molecular formula is C8H13IN2O. The van der Waals surface area contributed by atoms with E-state index < -0.39 is 0 Å². The average Bonchev–Trinajstić information content (AvgIpc) is 2.29. The second kappa shape index (κ2) is 3.24. The molecule has 0 atom stereocenters. The van der Waals surface area contributed by atoms with Gasteiger partial charge in [0.1, 0.15) is 0 Å². The van der Waals surface area contributed by atoms with E-state index in [0.29, 0.717) is 5.88 Å². The summed E-state index contributed by atoms with van der Waals surface area (Å²) in [6.07, 6.45) is 1.99.